The molecule has 0 heterocycles. The van der Waals surface area contributed by atoms with E-state index < -0.39 is 0 Å². The largest absolute Gasteiger partial charge is 0.384 e. The highest BCUT2D eigenvalue weighted by molar-refractivity contribution is 5.93. The predicted molar refractivity (Wildman–Crippen MR) is 98.3 cm³/mol. The molecule has 0 unspecified atom stereocenters. The monoisotopic (exact) mass is 325 g/mol. The molecule has 2 amide bonds. The van der Waals surface area contributed by atoms with Crippen molar-refractivity contribution >= 4 is 28.9 Å². The molecule has 126 valence electrons. The van der Waals surface area contributed by atoms with Crippen LogP contribution >= 0.6 is 0 Å². The van der Waals surface area contributed by atoms with Crippen LogP contribution in [-0.2, 0) is 16.0 Å². The molecule has 0 bridgehead atoms. The van der Waals surface area contributed by atoms with E-state index in [4.69, 9.17) is 0 Å². The zero-order valence-corrected chi connectivity index (χ0v) is 14.1. The second-order valence-corrected chi connectivity index (χ2v) is 5.50. The lowest BCUT2D eigenvalue weighted by Gasteiger charge is -2.11. The van der Waals surface area contributed by atoms with Gasteiger partial charge in [0.15, 0.2) is 0 Å². The zero-order valence-electron chi connectivity index (χ0n) is 14.1. The highest BCUT2D eigenvalue weighted by Crippen LogP contribution is 2.16. The number of benzene rings is 2. The minimum absolute atomic E-state index is 0.0727. The van der Waals surface area contributed by atoms with Gasteiger partial charge >= 0.3 is 0 Å². The van der Waals surface area contributed by atoms with Crippen LogP contribution in [0, 0.1) is 0 Å². The van der Waals surface area contributed by atoms with Crippen molar-refractivity contribution in [1.82, 2.24) is 0 Å². The summed E-state index contributed by atoms with van der Waals surface area (Å²) in [4.78, 5) is 23.1. The summed E-state index contributed by atoms with van der Waals surface area (Å²) in [7, 11) is 0. The number of rotatable bonds is 7. The molecule has 0 saturated heterocycles. The Bertz CT molecular complexity index is 713. The fourth-order valence-corrected chi connectivity index (χ4v) is 2.41. The van der Waals surface area contributed by atoms with Crippen LogP contribution < -0.4 is 16.0 Å². The summed E-state index contributed by atoms with van der Waals surface area (Å²) in [6, 6.07) is 15.2. The minimum atomic E-state index is -0.141. The average Bonchev–Trinajstić information content (AvgIpc) is 2.55. The predicted octanol–water partition coefficient (Wildman–Crippen LogP) is 3.65. The normalized spacial score (nSPS) is 10.1. The quantitative estimate of drug-likeness (QED) is 0.728. The van der Waals surface area contributed by atoms with Crippen LogP contribution in [-0.4, -0.2) is 18.4 Å². The number of carbonyl (C=O) groups is 2. The summed E-state index contributed by atoms with van der Waals surface area (Å²) in [5.74, 6) is -0.214. The Labute approximate surface area is 142 Å². The van der Waals surface area contributed by atoms with E-state index >= 15 is 0 Å². The van der Waals surface area contributed by atoms with Gasteiger partial charge in [0, 0.05) is 37.0 Å². The van der Waals surface area contributed by atoms with E-state index in [1.807, 2.05) is 18.2 Å². The third-order valence-corrected chi connectivity index (χ3v) is 3.53. The fourth-order valence-electron chi connectivity index (χ4n) is 2.41. The topological polar surface area (TPSA) is 70.2 Å². The average molecular weight is 325 g/mol. The number of aryl methyl sites for hydroxylation is 1. The smallest absolute Gasteiger partial charge is 0.226 e. The molecule has 2 aromatic rings. The van der Waals surface area contributed by atoms with E-state index in [1.165, 1.54) is 12.5 Å². The van der Waals surface area contributed by atoms with E-state index in [-0.39, 0.29) is 11.8 Å². The molecule has 0 fully saturated rings. The maximum absolute atomic E-state index is 12.1. The van der Waals surface area contributed by atoms with Gasteiger partial charge in [-0.15, -0.1) is 0 Å². The first kappa shape index (κ1) is 17.5. The van der Waals surface area contributed by atoms with Crippen molar-refractivity contribution in [2.45, 2.75) is 26.7 Å². The highest BCUT2D eigenvalue weighted by atomic mass is 16.2. The number of carbonyl (C=O) groups excluding carboxylic acids is 2. The first-order chi connectivity index (χ1) is 11.6. The van der Waals surface area contributed by atoms with Crippen molar-refractivity contribution in [2.75, 3.05) is 22.5 Å². The lowest BCUT2D eigenvalue weighted by atomic mass is 10.1. The lowest BCUT2D eigenvalue weighted by Crippen LogP contribution is -2.17. The SMILES string of the molecule is CCc1ccccc1NCCC(=O)Nc1cccc(NC(C)=O)c1. The third kappa shape index (κ3) is 5.43. The van der Waals surface area contributed by atoms with Gasteiger partial charge in [-0.1, -0.05) is 31.2 Å². The summed E-state index contributed by atoms with van der Waals surface area (Å²) >= 11 is 0. The van der Waals surface area contributed by atoms with Gasteiger partial charge in [-0.05, 0) is 36.2 Å². The van der Waals surface area contributed by atoms with E-state index in [0.717, 1.165) is 12.1 Å². The molecule has 5 nitrogen and oxygen atoms in total. The van der Waals surface area contributed by atoms with Crippen LogP contribution in [0.5, 0.6) is 0 Å². The van der Waals surface area contributed by atoms with Crippen molar-refractivity contribution in [2.24, 2.45) is 0 Å². The molecule has 0 saturated carbocycles. The number of hydrogen-bond acceptors (Lipinski definition) is 3. The van der Waals surface area contributed by atoms with Gasteiger partial charge in [0.05, 0.1) is 0 Å². The van der Waals surface area contributed by atoms with Crippen LogP contribution in [0.15, 0.2) is 48.5 Å². The Morgan fingerprint density at radius 2 is 1.67 bits per heavy atom. The van der Waals surface area contributed by atoms with E-state index in [1.54, 1.807) is 24.3 Å². The van der Waals surface area contributed by atoms with E-state index in [9.17, 15) is 9.59 Å². The molecule has 2 aromatic carbocycles. The van der Waals surface area contributed by atoms with Crippen molar-refractivity contribution in [3.05, 3.63) is 54.1 Å². The van der Waals surface area contributed by atoms with E-state index in [2.05, 4.69) is 28.9 Å². The number of anilines is 3. The fraction of sp³-hybridized carbons (Fsp3) is 0.263. The second-order valence-electron chi connectivity index (χ2n) is 5.50. The molecule has 2 rings (SSSR count). The molecule has 5 heteroatoms. The van der Waals surface area contributed by atoms with Gasteiger partial charge in [-0.3, -0.25) is 9.59 Å². The summed E-state index contributed by atoms with van der Waals surface area (Å²) in [5, 5.41) is 8.83. The number of nitrogens with one attached hydrogen (secondary N) is 3. The molecular formula is C19H23N3O2. The number of amides is 2. The van der Waals surface area contributed by atoms with Crippen molar-refractivity contribution in [1.29, 1.82) is 0 Å². The van der Waals surface area contributed by atoms with Gasteiger partial charge in [-0.25, -0.2) is 0 Å². The zero-order chi connectivity index (χ0) is 17.4. The molecule has 0 atom stereocenters. The molecule has 0 spiro atoms. The number of para-hydroxylation sites is 1. The molecule has 0 aliphatic rings. The van der Waals surface area contributed by atoms with Gasteiger partial charge in [0.2, 0.25) is 11.8 Å². The van der Waals surface area contributed by atoms with Crippen molar-refractivity contribution in [3.8, 4) is 0 Å². The highest BCUT2D eigenvalue weighted by Gasteiger charge is 2.05. The summed E-state index contributed by atoms with van der Waals surface area (Å²) in [6.45, 7) is 4.12. The standard InChI is InChI=1S/C19H23N3O2/c1-3-15-7-4-5-10-18(15)20-12-11-19(24)22-17-9-6-8-16(13-17)21-14(2)23/h4-10,13,20H,3,11-12H2,1-2H3,(H,21,23)(H,22,24). The molecule has 0 aliphatic carbocycles. The Morgan fingerprint density at radius 3 is 2.38 bits per heavy atom. The molecule has 0 aromatic heterocycles. The second kappa shape index (κ2) is 8.72. The maximum Gasteiger partial charge on any atom is 0.226 e. The van der Waals surface area contributed by atoms with Gasteiger partial charge in [-0.2, -0.15) is 0 Å². The number of hydrogen-bond donors (Lipinski definition) is 3. The third-order valence-electron chi connectivity index (χ3n) is 3.53. The van der Waals surface area contributed by atoms with Crippen LogP contribution in [0.3, 0.4) is 0 Å². The van der Waals surface area contributed by atoms with Crippen molar-refractivity contribution in [3.63, 3.8) is 0 Å². The Kier molecular flexibility index (Phi) is 6.37. The molecule has 3 N–H and O–H groups in total. The summed E-state index contributed by atoms with van der Waals surface area (Å²) in [5.41, 5.74) is 3.64. The Morgan fingerprint density at radius 1 is 0.958 bits per heavy atom. The minimum Gasteiger partial charge on any atom is -0.384 e. The summed E-state index contributed by atoms with van der Waals surface area (Å²) in [6.07, 6.45) is 1.31. The Balaban J connectivity index is 1.84. The van der Waals surface area contributed by atoms with Crippen LogP contribution in [0.1, 0.15) is 25.8 Å². The molecule has 24 heavy (non-hydrogen) atoms. The van der Waals surface area contributed by atoms with Gasteiger partial charge in [0.25, 0.3) is 0 Å². The van der Waals surface area contributed by atoms with Gasteiger partial charge in [0.1, 0.15) is 0 Å². The van der Waals surface area contributed by atoms with Crippen molar-refractivity contribution < 1.29 is 9.59 Å². The molecule has 0 radical (unpaired) electrons. The maximum atomic E-state index is 12.1. The summed E-state index contributed by atoms with van der Waals surface area (Å²) < 4.78 is 0. The van der Waals surface area contributed by atoms with Crippen LogP contribution in [0.4, 0.5) is 17.1 Å². The lowest BCUT2D eigenvalue weighted by molar-refractivity contribution is -0.116. The van der Waals surface area contributed by atoms with Gasteiger partial charge < -0.3 is 16.0 Å². The van der Waals surface area contributed by atoms with Crippen LogP contribution in [0.25, 0.3) is 0 Å². The van der Waals surface area contributed by atoms with Crippen LogP contribution in [0.2, 0.25) is 0 Å². The Hall–Kier alpha value is -2.82. The molecular weight excluding hydrogens is 302 g/mol. The molecule has 0 aliphatic heterocycles. The first-order valence-electron chi connectivity index (χ1n) is 8.07. The first-order valence-corrected chi connectivity index (χ1v) is 8.07. The van der Waals surface area contributed by atoms with E-state index in [0.29, 0.717) is 24.3 Å².